The normalized spacial score (nSPS) is 18.4. The second kappa shape index (κ2) is 11.7. The topological polar surface area (TPSA) is 79.3 Å². The van der Waals surface area contributed by atoms with Gasteiger partial charge in [0.2, 0.25) is 0 Å². The largest absolute Gasteiger partial charge is 0.379 e. The monoisotopic (exact) mass is 577 g/mol. The third-order valence-electron chi connectivity index (χ3n) is 7.18. The van der Waals surface area contributed by atoms with Crippen molar-refractivity contribution in [1.82, 2.24) is 35.1 Å². The molecule has 12 heteroatoms. The number of aromatic nitrogens is 4. The third-order valence-corrected chi connectivity index (χ3v) is 10.0. The van der Waals surface area contributed by atoms with Gasteiger partial charge in [-0.15, -0.1) is 22.7 Å². The molecule has 196 valence electrons. The maximum Gasteiger partial charge on any atom is 0.141 e. The van der Waals surface area contributed by atoms with Gasteiger partial charge in [-0.2, -0.15) is 0 Å². The number of rotatable bonds is 4. The van der Waals surface area contributed by atoms with E-state index in [1.807, 2.05) is 0 Å². The van der Waals surface area contributed by atoms with Crippen molar-refractivity contribution >= 4 is 66.3 Å². The van der Waals surface area contributed by atoms with E-state index in [1.54, 1.807) is 29.0 Å². The zero-order valence-electron chi connectivity index (χ0n) is 20.5. The predicted octanol–water partition coefficient (Wildman–Crippen LogP) is 4.42. The van der Waals surface area contributed by atoms with Crippen molar-refractivity contribution in [2.75, 3.05) is 52.5 Å². The Balaban J connectivity index is 0.000000153. The molecule has 4 aromatic heterocycles. The van der Waals surface area contributed by atoms with Gasteiger partial charge in [0.1, 0.15) is 32.6 Å². The maximum absolute atomic E-state index is 6.27. The Morgan fingerprint density at radius 1 is 0.811 bits per heavy atom. The highest BCUT2D eigenvalue weighted by molar-refractivity contribution is 7.19. The van der Waals surface area contributed by atoms with Crippen LogP contribution in [0.2, 0.25) is 10.3 Å². The lowest BCUT2D eigenvalue weighted by Crippen LogP contribution is -2.38. The van der Waals surface area contributed by atoms with Crippen LogP contribution in [0.4, 0.5) is 0 Å². The van der Waals surface area contributed by atoms with Crippen molar-refractivity contribution in [1.29, 1.82) is 0 Å². The first-order chi connectivity index (χ1) is 18.2. The van der Waals surface area contributed by atoms with Gasteiger partial charge in [0.15, 0.2) is 0 Å². The quantitative estimate of drug-likeness (QED) is 0.357. The number of morpholine rings is 1. The van der Waals surface area contributed by atoms with E-state index in [-0.39, 0.29) is 0 Å². The average molecular weight is 579 g/mol. The van der Waals surface area contributed by atoms with Gasteiger partial charge in [-0.25, -0.2) is 19.9 Å². The van der Waals surface area contributed by atoms with Crippen LogP contribution in [0.15, 0.2) is 12.7 Å². The van der Waals surface area contributed by atoms with E-state index in [9.17, 15) is 0 Å². The van der Waals surface area contributed by atoms with Crippen LogP contribution in [0.1, 0.15) is 27.3 Å². The highest BCUT2D eigenvalue weighted by atomic mass is 35.5. The highest BCUT2D eigenvalue weighted by Gasteiger charge is 2.23. The van der Waals surface area contributed by atoms with Crippen molar-refractivity contribution in [2.45, 2.75) is 32.4 Å². The Morgan fingerprint density at radius 2 is 1.46 bits per heavy atom. The summed E-state index contributed by atoms with van der Waals surface area (Å²) in [6, 6.07) is 0. The Kier molecular flexibility index (Phi) is 8.15. The van der Waals surface area contributed by atoms with E-state index in [1.165, 1.54) is 40.2 Å². The minimum Gasteiger partial charge on any atom is -0.379 e. The minimum atomic E-state index is 0.592. The lowest BCUT2D eigenvalue weighted by Gasteiger charge is -2.30. The van der Waals surface area contributed by atoms with Crippen LogP contribution in [-0.2, 0) is 30.7 Å². The number of ether oxygens (including phenoxy) is 1. The molecule has 37 heavy (non-hydrogen) atoms. The van der Waals surface area contributed by atoms with E-state index < -0.39 is 0 Å². The SMILES string of the molecule is Clc1ncnc2sc3c(c12)CCN(CCCN1CCOCC1)C3.Clc1ncnc2sc3c(c12)CCNC3. The van der Waals surface area contributed by atoms with Crippen molar-refractivity contribution < 1.29 is 4.74 Å². The predicted molar refractivity (Wildman–Crippen MR) is 151 cm³/mol. The molecule has 3 aliphatic heterocycles. The molecule has 7 rings (SSSR count). The second-order valence-electron chi connectivity index (χ2n) is 9.46. The van der Waals surface area contributed by atoms with Crippen LogP contribution in [0.5, 0.6) is 0 Å². The number of halogens is 2. The summed E-state index contributed by atoms with van der Waals surface area (Å²) < 4.78 is 5.40. The number of nitrogens with zero attached hydrogens (tertiary/aromatic N) is 6. The van der Waals surface area contributed by atoms with Crippen molar-refractivity contribution in [3.8, 4) is 0 Å². The van der Waals surface area contributed by atoms with Crippen LogP contribution in [0.25, 0.3) is 20.4 Å². The number of thiophene rings is 2. The van der Waals surface area contributed by atoms with Gasteiger partial charge >= 0.3 is 0 Å². The molecule has 0 saturated carbocycles. The van der Waals surface area contributed by atoms with E-state index in [0.29, 0.717) is 10.3 Å². The first-order valence-electron chi connectivity index (χ1n) is 12.7. The molecular weight excluding hydrogens is 549 g/mol. The minimum absolute atomic E-state index is 0.592. The molecule has 3 aliphatic rings. The average Bonchev–Trinajstić information content (AvgIpc) is 3.49. The van der Waals surface area contributed by atoms with Gasteiger partial charge < -0.3 is 10.1 Å². The fraction of sp³-hybridized carbons (Fsp3) is 0.520. The van der Waals surface area contributed by atoms with Crippen LogP contribution in [-0.4, -0.2) is 82.2 Å². The van der Waals surface area contributed by atoms with Gasteiger partial charge in [-0.3, -0.25) is 9.80 Å². The molecule has 0 unspecified atom stereocenters. The number of hydrogen-bond donors (Lipinski definition) is 1. The molecule has 7 heterocycles. The summed E-state index contributed by atoms with van der Waals surface area (Å²) in [5.41, 5.74) is 2.72. The molecule has 0 spiro atoms. The number of nitrogens with one attached hydrogen (secondary N) is 1. The highest BCUT2D eigenvalue weighted by Crippen LogP contribution is 2.37. The summed E-state index contributed by atoms with van der Waals surface area (Å²) in [5, 5.41) is 6.69. The first kappa shape index (κ1) is 25.8. The van der Waals surface area contributed by atoms with Crippen LogP contribution >= 0.6 is 45.9 Å². The van der Waals surface area contributed by atoms with E-state index in [0.717, 1.165) is 92.3 Å². The molecule has 1 fully saturated rings. The Hall–Kier alpha value is -1.50. The standard InChI is InChI=1S/C16H21ClN4OS.C9H8ClN3S/c17-15-14-12-2-5-21(4-1-3-20-6-8-22-9-7-20)10-13(12)23-16(14)19-11-18-15;10-8-7-5-1-2-11-3-6(5)14-9(7)13-4-12-8/h11H,1-10H2;4,11H,1-3H2. The van der Waals surface area contributed by atoms with Crippen LogP contribution in [0, 0.1) is 0 Å². The van der Waals surface area contributed by atoms with E-state index in [4.69, 9.17) is 27.9 Å². The molecule has 0 amide bonds. The number of hydrogen-bond acceptors (Lipinski definition) is 10. The van der Waals surface area contributed by atoms with Crippen LogP contribution in [0.3, 0.4) is 0 Å². The van der Waals surface area contributed by atoms with Gasteiger partial charge in [0, 0.05) is 42.5 Å². The van der Waals surface area contributed by atoms with Crippen LogP contribution < -0.4 is 5.32 Å². The Labute approximate surface area is 234 Å². The summed E-state index contributed by atoms with van der Waals surface area (Å²) in [7, 11) is 0. The maximum atomic E-state index is 6.27. The van der Waals surface area contributed by atoms with Gasteiger partial charge in [0.25, 0.3) is 0 Å². The van der Waals surface area contributed by atoms with E-state index >= 15 is 0 Å². The molecule has 0 aromatic carbocycles. The fourth-order valence-electron chi connectivity index (χ4n) is 5.30. The molecule has 1 N–H and O–H groups in total. The van der Waals surface area contributed by atoms with Gasteiger partial charge in [0.05, 0.1) is 24.0 Å². The summed E-state index contributed by atoms with van der Waals surface area (Å²) >= 11 is 15.8. The summed E-state index contributed by atoms with van der Waals surface area (Å²) in [6.45, 7) is 10.4. The Bertz CT molecular complexity index is 1390. The molecular formula is C25H29Cl2N7OS2. The molecule has 8 nitrogen and oxygen atoms in total. The summed E-state index contributed by atoms with van der Waals surface area (Å²) in [4.78, 5) is 26.7. The molecule has 1 saturated heterocycles. The fourth-order valence-corrected chi connectivity index (χ4v) is 8.29. The summed E-state index contributed by atoms with van der Waals surface area (Å²) in [5.74, 6) is 0. The van der Waals surface area contributed by atoms with Crippen molar-refractivity contribution in [3.05, 3.63) is 43.8 Å². The zero-order chi connectivity index (χ0) is 25.2. The molecule has 0 bridgehead atoms. The molecule has 0 atom stereocenters. The number of fused-ring (bicyclic) bond motifs is 6. The van der Waals surface area contributed by atoms with Crippen molar-refractivity contribution in [3.63, 3.8) is 0 Å². The molecule has 0 aliphatic carbocycles. The van der Waals surface area contributed by atoms with Crippen molar-refractivity contribution in [2.24, 2.45) is 0 Å². The Morgan fingerprint density at radius 3 is 2.19 bits per heavy atom. The lowest BCUT2D eigenvalue weighted by atomic mass is 10.1. The van der Waals surface area contributed by atoms with E-state index in [2.05, 4.69) is 35.1 Å². The summed E-state index contributed by atoms with van der Waals surface area (Å²) in [6.07, 6.45) is 6.40. The lowest BCUT2D eigenvalue weighted by molar-refractivity contribution is 0.0359. The third kappa shape index (κ3) is 5.62. The molecule has 0 radical (unpaired) electrons. The smallest absolute Gasteiger partial charge is 0.141 e. The first-order valence-corrected chi connectivity index (χ1v) is 15.1. The molecule has 4 aromatic rings. The zero-order valence-corrected chi connectivity index (χ0v) is 23.7. The van der Waals surface area contributed by atoms with Gasteiger partial charge in [-0.1, -0.05) is 23.2 Å². The second-order valence-corrected chi connectivity index (χ2v) is 12.3. The van der Waals surface area contributed by atoms with Gasteiger partial charge in [-0.05, 0) is 50.0 Å².